The van der Waals surface area contributed by atoms with Gasteiger partial charge >= 0.3 is 5.97 Å². The summed E-state index contributed by atoms with van der Waals surface area (Å²) in [5.41, 5.74) is 0.973. The van der Waals surface area contributed by atoms with Gasteiger partial charge in [0.1, 0.15) is 24.7 Å². The van der Waals surface area contributed by atoms with Gasteiger partial charge in [-0.1, -0.05) is 40.3 Å². The van der Waals surface area contributed by atoms with Crippen LogP contribution in [0.3, 0.4) is 0 Å². The summed E-state index contributed by atoms with van der Waals surface area (Å²) in [6.07, 6.45) is 1.47. The van der Waals surface area contributed by atoms with Crippen molar-refractivity contribution in [1.82, 2.24) is 0 Å². The molecule has 264 valence electrons. The van der Waals surface area contributed by atoms with E-state index in [9.17, 15) is 18.8 Å². The number of carbonyl (C=O) groups excluding carboxylic acids is 3. The number of hydrogen-bond acceptors (Lipinski definition) is 8. The number of halogens is 1. The van der Waals surface area contributed by atoms with Gasteiger partial charge in [-0.25, -0.2) is 9.18 Å². The quantitative estimate of drug-likeness (QED) is 0.0839. The van der Waals surface area contributed by atoms with E-state index in [1.165, 1.54) is 42.5 Å². The topological polar surface area (TPSA) is 121 Å². The number of rotatable bonds is 17. The molecule has 49 heavy (non-hydrogen) atoms. The zero-order valence-electron chi connectivity index (χ0n) is 29.3. The fraction of sp³-hybridized carbons (Fsp3) is 0.395. The largest absolute Gasteiger partial charge is 0.491 e. The number of nitrogens with one attached hydrogen (secondary N) is 2. The summed E-state index contributed by atoms with van der Waals surface area (Å²) in [4.78, 5) is 39.2. The number of carbonyl (C=O) groups is 3. The van der Waals surface area contributed by atoms with Crippen molar-refractivity contribution in [3.8, 4) is 17.2 Å². The fourth-order valence-corrected chi connectivity index (χ4v) is 4.13. The minimum Gasteiger partial charge on any atom is -0.491 e. The summed E-state index contributed by atoms with van der Waals surface area (Å²) >= 11 is 0. The molecule has 3 aromatic carbocycles. The molecule has 0 radical (unpaired) electrons. The first-order valence-corrected chi connectivity index (χ1v) is 16.2. The molecule has 0 bridgehead atoms. The van der Waals surface area contributed by atoms with E-state index in [1.54, 1.807) is 12.1 Å². The van der Waals surface area contributed by atoms with Gasteiger partial charge < -0.3 is 34.3 Å². The first-order chi connectivity index (χ1) is 23.2. The Morgan fingerprint density at radius 1 is 0.735 bits per heavy atom. The lowest BCUT2D eigenvalue weighted by atomic mass is 10.1. The van der Waals surface area contributed by atoms with E-state index in [0.29, 0.717) is 30.3 Å². The number of benzene rings is 3. The summed E-state index contributed by atoms with van der Waals surface area (Å²) in [7, 11) is 0. The summed E-state index contributed by atoms with van der Waals surface area (Å²) in [6.45, 7) is 18.2. The van der Waals surface area contributed by atoms with Gasteiger partial charge in [0.2, 0.25) is 0 Å². The van der Waals surface area contributed by atoms with Gasteiger partial charge in [-0.05, 0) is 87.2 Å². The number of hydrogen-bond donors (Lipinski definition) is 2. The van der Waals surface area contributed by atoms with Crippen molar-refractivity contribution >= 4 is 29.2 Å². The molecule has 2 amide bonds. The Morgan fingerprint density at radius 2 is 1.22 bits per heavy atom. The highest BCUT2D eigenvalue weighted by Gasteiger charge is 2.19. The van der Waals surface area contributed by atoms with Crippen molar-refractivity contribution in [1.29, 1.82) is 0 Å². The summed E-state index contributed by atoms with van der Waals surface area (Å²) < 4.78 is 42.7. The molecule has 3 aromatic rings. The highest BCUT2D eigenvalue weighted by Crippen LogP contribution is 2.31. The Kier molecular flexibility index (Phi) is 14.2. The number of anilines is 2. The van der Waals surface area contributed by atoms with Crippen LogP contribution < -0.4 is 24.8 Å². The van der Waals surface area contributed by atoms with Crippen molar-refractivity contribution < 1.29 is 42.5 Å². The molecule has 0 saturated heterocycles. The smallest absolute Gasteiger partial charge is 0.338 e. The van der Waals surface area contributed by atoms with Crippen LogP contribution >= 0.6 is 0 Å². The van der Waals surface area contributed by atoms with Gasteiger partial charge in [-0.3, -0.25) is 9.59 Å². The molecule has 0 unspecified atom stereocenters. The van der Waals surface area contributed by atoms with E-state index in [2.05, 4.69) is 17.2 Å². The molecular formula is C38H47FN2O8. The molecule has 2 N–H and O–H groups in total. The molecule has 0 atom stereocenters. The van der Waals surface area contributed by atoms with Gasteiger partial charge in [-0.2, -0.15) is 0 Å². The van der Waals surface area contributed by atoms with Gasteiger partial charge in [0.05, 0.1) is 42.4 Å². The minimum atomic E-state index is -0.608. The Morgan fingerprint density at radius 3 is 1.73 bits per heavy atom. The van der Waals surface area contributed by atoms with Crippen molar-refractivity contribution in [2.45, 2.75) is 54.1 Å². The molecule has 11 heteroatoms. The maximum atomic E-state index is 14.5. The zero-order valence-corrected chi connectivity index (χ0v) is 29.3. The Balaban J connectivity index is 1.82. The highest BCUT2D eigenvalue weighted by molar-refractivity contribution is 6.08. The third-order valence-corrected chi connectivity index (χ3v) is 6.50. The van der Waals surface area contributed by atoms with E-state index < -0.39 is 23.6 Å². The first kappa shape index (κ1) is 38.5. The molecule has 0 aliphatic carbocycles. The lowest BCUT2D eigenvalue weighted by Crippen LogP contribution is -2.22. The van der Waals surface area contributed by atoms with Crippen LogP contribution in [0.25, 0.3) is 0 Å². The SMILES string of the molecule is C=CCOC(=O)c1ccc(NC(=O)c2ccc(NC(=O)c3ccc(F)c(OCCOC(C)(C)C)c3)c(OCC(C)C)c2)c(OCC(C)C)c1. The second-order valence-corrected chi connectivity index (χ2v) is 13.1. The van der Waals surface area contributed by atoms with Gasteiger partial charge in [0, 0.05) is 11.1 Å². The van der Waals surface area contributed by atoms with Crippen molar-refractivity contribution in [3.05, 3.63) is 89.8 Å². The van der Waals surface area contributed by atoms with Crippen molar-refractivity contribution in [2.75, 3.05) is 43.7 Å². The third kappa shape index (κ3) is 12.6. The van der Waals surface area contributed by atoms with E-state index >= 15 is 0 Å². The number of amides is 2. The van der Waals surface area contributed by atoms with Crippen LogP contribution in [0.2, 0.25) is 0 Å². The second kappa shape index (κ2) is 18.0. The standard InChI is InChI=1S/C38H47FN2O8/c1-9-16-46-37(44)28-12-15-31(34(21-28)48-23-25(4)5)41-36(43)27-11-14-30(33(20-27)47-22-24(2)3)40-35(42)26-10-13-29(39)32(19-26)45-17-18-49-38(6,7)8/h9-15,19-21,24-25H,1,16-18,22-23H2,2-8H3,(H,40,42)(H,41,43). The van der Waals surface area contributed by atoms with E-state index in [1.807, 2.05) is 48.5 Å². The van der Waals surface area contributed by atoms with Crippen LogP contribution in [0.15, 0.2) is 67.3 Å². The van der Waals surface area contributed by atoms with Crippen LogP contribution in [0.1, 0.15) is 79.5 Å². The van der Waals surface area contributed by atoms with E-state index in [0.717, 1.165) is 6.07 Å². The normalized spacial score (nSPS) is 11.2. The molecular weight excluding hydrogens is 631 g/mol. The average molecular weight is 679 g/mol. The van der Waals surface area contributed by atoms with Gasteiger partial charge in [0.15, 0.2) is 11.6 Å². The molecule has 0 aliphatic heterocycles. The van der Waals surface area contributed by atoms with Gasteiger partial charge in [-0.15, -0.1) is 0 Å². The first-order valence-electron chi connectivity index (χ1n) is 16.2. The summed E-state index contributed by atoms with van der Waals surface area (Å²) in [6, 6.07) is 13.1. The molecule has 0 aromatic heterocycles. The Hall–Kier alpha value is -4.90. The van der Waals surface area contributed by atoms with Crippen molar-refractivity contribution in [2.24, 2.45) is 11.8 Å². The molecule has 0 spiro atoms. The van der Waals surface area contributed by atoms with Crippen LogP contribution in [0.4, 0.5) is 15.8 Å². The summed E-state index contributed by atoms with van der Waals surface area (Å²) in [5.74, 6) is -1.32. The number of ether oxygens (including phenoxy) is 5. The Labute approximate surface area is 287 Å². The maximum absolute atomic E-state index is 14.5. The highest BCUT2D eigenvalue weighted by atomic mass is 19.1. The lowest BCUT2D eigenvalue weighted by Gasteiger charge is -2.19. The predicted molar refractivity (Wildman–Crippen MR) is 188 cm³/mol. The van der Waals surface area contributed by atoms with Crippen LogP contribution in [0.5, 0.6) is 17.2 Å². The monoisotopic (exact) mass is 678 g/mol. The van der Waals surface area contributed by atoms with E-state index in [4.69, 9.17) is 23.7 Å². The van der Waals surface area contributed by atoms with Crippen LogP contribution in [-0.4, -0.2) is 56.4 Å². The van der Waals surface area contributed by atoms with E-state index in [-0.39, 0.29) is 65.4 Å². The minimum absolute atomic E-state index is 0.0597. The van der Waals surface area contributed by atoms with Gasteiger partial charge in [0.25, 0.3) is 11.8 Å². The molecule has 0 fully saturated rings. The molecule has 0 saturated carbocycles. The third-order valence-electron chi connectivity index (χ3n) is 6.50. The van der Waals surface area contributed by atoms with Crippen LogP contribution in [-0.2, 0) is 9.47 Å². The summed E-state index contributed by atoms with van der Waals surface area (Å²) in [5, 5.41) is 5.64. The molecule has 3 rings (SSSR count). The van der Waals surface area contributed by atoms with Crippen LogP contribution in [0, 0.1) is 17.7 Å². The molecule has 0 aliphatic rings. The molecule has 0 heterocycles. The number of esters is 1. The molecule has 10 nitrogen and oxygen atoms in total. The zero-order chi connectivity index (χ0) is 36.1. The van der Waals surface area contributed by atoms with Crippen molar-refractivity contribution in [3.63, 3.8) is 0 Å². The predicted octanol–water partition coefficient (Wildman–Crippen LogP) is 7.94. The fourth-order valence-electron chi connectivity index (χ4n) is 4.13. The second-order valence-electron chi connectivity index (χ2n) is 13.1. The maximum Gasteiger partial charge on any atom is 0.338 e. The average Bonchev–Trinajstić information content (AvgIpc) is 3.04. The lowest BCUT2D eigenvalue weighted by molar-refractivity contribution is -0.0166. The Bertz CT molecular complexity index is 1610.